The summed E-state index contributed by atoms with van der Waals surface area (Å²) < 4.78 is 5.45. The van der Waals surface area contributed by atoms with E-state index in [2.05, 4.69) is 6.07 Å². The van der Waals surface area contributed by atoms with Crippen molar-refractivity contribution in [3.05, 3.63) is 36.1 Å². The number of aliphatic hydroxyl groups excluding tert-OH is 1. The smallest absolute Gasteiger partial charge is 0.134 e. The number of rotatable bonds is 2. The van der Waals surface area contributed by atoms with Crippen molar-refractivity contribution in [1.29, 1.82) is 5.26 Å². The first kappa shape index (κ1) is 11.3. The summed E-state index contributed by atoms with van der Waals surface area (Å²) in [5.74, 6) is 0. The van der Waals surface area contributed by atoms with E-state index in [0.717, 1.165) is 42.2 Å². The molecular weight excluding hydrogens is 226 g/mol. The predicted molar refractivity (Wildman–Crippen MR) is 67.7 cm³/mol. The molecule has 92 valence electrons. The van der Waals surface area contributed by atoms with Gasteiger partial charge >= 0.3 is 0 Å². The first-order chi connectivity index (χ1) is 8.77. The second-order valence-electron chi connectivity index (χ2n) is 5.06. The molecule has 0 saturated heterocycles. The molecule has 3 rings (SSSR count). The standard InChI is InChI=1S/C15H15NO2/c16-10-15(7-3-4-8-15)14(17)12-9-18-13-6-2-1-5-11(12)13/h1-2,5-6,9,14,17H,3-4,7-8H2. The maximum Gasteiger partial charge on any atom is 0.134 e. The molecule has 0 aliphatic heterocycles. The molecule has 0 radical (unpaired) electrons. The number of hydrogen-bond acceptors (Lipinski definition) is 3. The topological polar surface area (TPSA) is 57.2 Å². The number of hydrogen-bond donors (Lipinski definition) is 1. The number of furan rings is 1. The minimum atomic E-state index is -0.756. The largest absolute Gasteiger partial charge is 0.464 e. The van der Waals surface area contributed by atoms with Crippen LogP contribution in [0.2, 0.25) is 0 Å². The van der Waals surface area contributed by atoms with Gasteiger partial charge in [-0.1, -0.05) is 31.0 Å². The average Bonchev–Trinajstić information content (AvgIpc) is 3.05. The second kappa shape index (κ2) is 4.15. The molecule has 1 atom stereocenters. The summed E-state index contributed by atoms with van der Waals surface area (Å²) in [6.45, 7) is 0. The Bertz CT molecular complexity index is 602. The maximum absolute atomic E-state index is 10.6. The molecule has 1 saturated carbocycles. The van der Waals surface area contributed by atoms with E-state index in [1.165, 1.54) is 0 Å². The molecule has 3 nitrogen and oxygen atoms in total. The zero-order valence-electron chi connectivity index (χ0n) is 10.1. The van der Waals surface area contributed by atoms with E-state index in [4.69, 9.17) is 4.42 Å². The number of aliphatic hydroxyl groups is 1. The normalized spacial score (nSPS) is 19.8. The van der Waals surface area contributed by atoms with E-state index < -0.39 is 11.5 Å². The van der Waals surface area contributed by atoms with Gasteiger partial charge in [0, 0.05) is 10.9 Å². The molecular formula is C15H15NO2. The Hall–Kier alpha value is -1.79. The molecule has 3 heteroatoms. The highest BCUT2D eigenvalue weighted by Gasteiger charge is 2.42. The van der Waals surface area contributed by atoms with Gasteiger partial charge in [0.05, 0.1) is 17.7 Å². The van der Waals surface area contributed by atoms with E-state index in [-0.39, 0.29) is 0 Å². The third kappa shape index (κ3) is 1.53. The molecule has 1 fully saturated rings. The molecule has 2 aromatic rings. The lowest BCUT2D eigenvalue weighted by Crippen LogP contribution is -2.23. The molecule has 0 spiro atoms. The fraction of sp³-hybridized carbons (Fsp3) is 0.400. The van der Waals surface area contributed by atoms with Gasteiger partial charge in [0.15, 0.2) is 0 Å². The molecule has 1 aromatic carbocycles. The van der Waals surface area contributed by atoms with Gasteiger partial charge in [0.25, 0.3) is 0 Å². The van der Waals surface area contributed by atoms with Gasteiger partial charge in [-0.05, 0) is 18.9 Å². The number of nitrogens with zero attached hydrogens (tertiary/aromatic N) is 1. The number of para-hydroxylation sites is 1. The molecule has 0 bridgehead atoms. The van der Waals surface area contributed by atoms with Crippen LogP contribution in [-0.4, -0.2) is 5.11 Å². The molecule has 1 unspecified atom stereocenters. The summed E-state index contributed by atoms with van der Waals surface area (Å²) >= 11 is 0. The van der Waals surface area contributed by atoms with Crippen molar-refractivity contribution in [3.8, 4) is 6.07 Å². The fourth-order valence-electron chi connectivity index (χ4n) is 2.96. The Morgan fingerprint density at radius 3 is 2.72 bits per heavy atom. The zero-order chi connectivity index (χ0) is 12.6. The monoisotopic (exact) mass is 241 g/mol. The molecule has 18 heavy (non-hydrogen) atoms. The lowest BCUT2D eigenvalue weighted by molar-refractivity contribution is 0.0676. The molecule has 1 aromatic heterocycles. The van der Waals surface area contributed by atoms with Crippen LogP contribution in [0.5, 0.6) is 0 Å². The quantitative estimate of drug-likeness (QED) is 0.874. The first-order valence-corrected chi connectivity index (χ1v) is 6.32. The van der Waals surface area contributed by atoms with Gasteiger partial charge in [0.2, 0.25) is 0 Å². The summed E-state index contributed by atoms with van der Waals surface area (Å²) in [5, 5.41) is 20.9. The van der Waals surface area contributed by atoms with E-state index in [9.17, 15) is 10.4 Å². The van der Waals surface area contributed by atoms with Crippen LogP contribution in [0, 0.1) is 16.7 Å². The average molecular weight is 241 g/mol. The number of fused-ring (bicyclic) bond motifs is 1. The minimum absolute atomic E-state index is 0.632. The van der Waals surface area contributed by atoms with Crippen LogP contribution in [0.25, 0.3) is 11.0 Å². The van der Waals surface area contributed by atoms with Gasteiger partial charge in [-0.15, -0.1) is 0 Å². The van der Waals surface area contributed by atoms with Crippen molar-refractivity contribution in [2.24, 2.45) is 5.41 Å². The van der Waals surface area contributed by atoms with Crippen molar-refractivity contribution in [2.45, 2.75) is 31.8 Å². The van der Waals surface area contributed by atoms with Crippen LogP contribution in [0.1, 0.15) is 37.4 Å². The lowest BCUT2D eigenvalue weighted by atomic mass is 9.78. The minimum Gasteiger partial charge on any atom is -0.464 e. The van der Waals surface area contributed by atoms with E-state index in [1.54, 1.807) is 6.26 Å². The Kier molecular flexibility index (Phi) is 2.61. The van der Waals surface area contributed by atoms with Crippen molar-refractivity contribution >= 4 is 11.0 Å². The summed E-state index contributed by atoms with van der Waals surface area (Å²) in [6.07, 6.45) is 4.40. The highest BCUT2D eigenvalue weighted by Crippen LogP contribution is 2.48. The molecule has 0 amide bonds. The zero-order valence-corrected chi connectivity index (χ0v) is 10.1. The summed E-state index contributed by atoms with van der Waals surface area (Å²) in [6, 6.07) is 9.96. The number of benzene rings is 1. The third-order valence-electron chi connectivity index (χ3n) is 4.05. The van der Waals surface area contributed by atoms with Gasteiger partial charge in [-0.25, -0.2) is 0 Å². The molecule has 1 heterocycles. The van der Waals surface area contributed by atoms with Crippen molar-refractivity contribution in [2.75, 3.05) is 0 Å². The Morgan fingerprint density at radius 2 is 2.00 bits per heavy atom. The van der Waals surface area contributed by atoms with Gasteiger partial charge in [-0.2, -0.15) is 5.26 Å². The highest BCUT2D eigenvalue weighted by atomic mass is 16.3. The van der Waals surface area contributed by atoms with Crippen LogP contribution in [-0.2, 0) is 0 Å². The predicted octanol–water partition coefficient (Wildman–Crippen LogP) is 3.55. The van der Waals surface area contributed by atoms with Gasteiger partial charge in [0.1, 0.15) is 11.7 Å². The Balaban J connectivity index is 2.07. The van der Waals surface area contributed by atoms with Crippen LogP contribution < -0.4 is 0 Å². The van der Waals surface area contributed by atoms with Crippen LogP contribution in [0.15, 0.2) is 34.9 Å². The van der Waals surface area contributed by atoms with Crippen molar-refractivity contribution in [1.82, 2.24) is 0 Å². The van der Waals surface area contributed by atoms with Crippen molar-refractivity contribution < 1.29 is 9.52 Å². The first-order valence-electron chi connectivity index (χ1n) is 6.32. The second-order valence-corrected chi connectivity index (χ2v) is 5.06. The van der Waals surface area contributed by atoms with Gasteiger partial charge in [-0.3, -0.25) is 0 Å². The third-order valence-corrected chi connectivity index (χ3v) is 4.05. The van der Waals surface area contributed by atoms with Crippen LogP contribution >= 0.6 is 0 Å². The highest BCUT2D eigenvalue weighted by molar-refractivity contribution is 5.81. The van der Waals surface area contributed by atoms with E-state index in [0.29, 0.717) is 0 Å². The molecule has 1 aliphatic carbocycles. The van der Waals surface area contributed by atoms with E-state index >= 15 is 0 Å². The Morgan fingerprint density at radius 1 is 1.28 bits per heavy atom. The molecule has 1 aliphatic rings. The SMILES string of the molecule is N#CC1(C(O)c2coc3ccccc23)CCCC1. The molecule has 1 N–H and O–H groups in total. The van der Waals surface area contributed by atoms with Crippen LogP contribution in [0.4, 0.5) is 0 Å². The van der Waals surface area contributed by atoms with Gasteiger partial charge < -0.3 is 9.52 Å². The summed E-state index contributed by atoms with van der Waals surface area (Å²) in [7, 11) is 0. The van der Waals surface area contributed by atoms with E-state index in [1.807, 2.05) is 24.3 Å². The van der Waals surface area contributed by atoms with Crippen LogP contribution in [0.3, 0.4) is 0 Å². The fourth-order valence-corrected chi connectivity index (χ4v) is 2.96. The number of nitriles is 1. The summed E-state index contributed by atoms with van der Waals surface area (Å²) in [4.78, 5) is 0. The lowest BCUT2D eigenvalue weighted by Gasteiger charge is -2.26. The maximum atomic E-state index is 10.6. The Labute approximate surface area is 106 Å². The summed E-state index contributed by atoms with van der Waals surface area (Å²) in [5.41, 5.74) is 0.874. The van der Waals surface area contributed by atoms with Crippen molar-refractivity contribution in [3.63, 3.8) is 0 Å².